The molecule has 0 aliphatic heterocycles. The first-order chi connectivity index (χ1) is 8.80. The third kappa shape index (κ3) is 3.05. The van der Waals surface area contributed by atoms with Crippen LogP contribution in [-0.2, 0) is 17.2 Å². The number of hydrogen-bond donors (Lipinski definition) is 0. The second-order valence-electron chi connectivity index (χ2n) is 5.34. The highest BCUT2D eigenvalue weighted by molar-refractivity contribution is 9.10. The lowest BCUT2D eigenvalue weighted by Crippen LogP contribution is -2.24. The molecule has 0 saturated carbocycles. The lowest BCUT2D eigenvalue weighted by molar-refractivity contribution is 0.625. The topological polar surface area (TPSA) is 34.4 Å². The van der Waals surface area contributed by atoms with E-state index in [4.69, 9.17) is 0 Å². The molecule has 2 aromatic rings. The van der Waals surface area contributed by atoms with Gasteiger partial charge in [0.05, 0.1) is 16.5 Å². The Labute approximate surface area is 122 Å². The minimum Gasteiger partial charge on any atom is -0.303 e. The van der Waals surface area contributed by atoms with Crippen LogP contribution in [0.25, 0.3) is 5.52 Å². The molecule has 1 atom stereocenters. The number of imidazole rings is 1. The molecule has 2 rings (SSSR count). The molecular weight excluding hydrogens is 331 g/mol. The van der Waals surface area contributed by atoms with Crippen LogP contribution < -0.4 is 0 Å². The second-order valence-corrected chi connectivity index (χ2v) is 8.52. The molecule has 1 unspecified atom stereocenters. The van der Waals surface area contributed by atoms with E-state index >= 15 is 0 Å². The average molecular weight is 347 g/mol. The van der Waals surface area contributed by atoms with Crippen molar-refractivity contribution in [2.75, 3.05) is 5.75 Å². The molecule has 3 nitrogen and oxygen atoms in total. The van der Waals surface area contributed by atoms with Crippen molar-refractivity contribution in [2.45, 2.75) is 31.9 Å². The van der Waals surface area contributed by atoms with E-state index in [1.165, 1.54) is 0 Å². The summed E-state index contributed by atoms with van der Waals surface area (Å²) in [5.74, 6) is 0.166. The van der Waals surface area contributed by atoms with E-state index in [2.05, 4.69) is 20.9 Å². The number of hydrogen-bond acceptors (Lipinski definition) is 2. The summed E-state index contributed by atoms with van der Waals surface area (Å²) in [6.07, 6.45) is 3.84. The van der Waals surface area contributed by atoms with Gasteiger partial charge in [-0.25, -0.2) is 9.37 Å². The van der Waals surface area contributed by atoms with Crippen molar-refractivity contribution in [3.63, 3.8) is 0 Å². The van der Waals surface area contributed by atoms with E-state index in [1.54, 1.807) is 23.0 Å². The number of nitrogens with zero attached hydrogens (tertiary/aromatic N) is 2. The largest absolute Gasteiger partial charge is 0.303 e. The highest BCUT2D eigenvalue weighted by atomic mass is 79.9. The van der Waals surface area contributed by atoms with Crippen LogP contribution in [0.2, 0.25) is 0 Å². The highest BCUT2D eigenvalue weighted by Gasteiger charge is 2.20. The van der Waals surface area contributed by atoms with Crippen LogP contribution in [-0.4, -0.2) is 24.1 Å². The molecule has 0 aromatic carbocycles. The van der Waals surface area contributed by atoms with Gasteiger partial charge in [0.2, 0.25) is 0 Å². The van der Waals surface area contributed by atoms with Crippen LogP contribution in [0.5, 0.6) is 0 Å². The second kappa shape index (κ2) is 5.32. The molecule has 0 N–H and O–H groups in total. The minimum absolute atomic E-state index is 0.255. The standard InChI is InChI=1S/C13H16BrFN2OS/c1-13(2,3)19(18)7-5-10-12-11(15)9(14)4-6-17(12)8-16-10/h4,6,8H,5,7H2,1-3H3. The quantitative estimate of drug-likeness (QED) is 0.854. The summed E-state index contributed by atoms with van der Waals surface area (Å²) in [6.45, 7) is 5.81. The van der Waals surface area contributed by atoms with Crippen molar-refractivity contribution in [1.29, 1.82) is 0 Å². The molecule has 0 fully saturated rings. The fraction of sp³-hybridized carbons (Fsp3) is 0.462. The normalized spacial score (nSPS) is 13.9. The predicted octanol–water partition coefficient (Wildman–Crippen LogP) is 3.33. The number of fused-ring (bicyclic) bond motifs is 1. The van der Waals surface area contributed by atoms with Crippen molar-refractivity contribution < 1.29 is 8.60 Å². The van der Waals surface area contributed by atoms with Gasteiger partial charge in [-0.2, -0.15) is 0 Å². The van der Waals surface area contributed by atoms with Gasteiger partial charge in [-0.15, -0.1) is 0 Å². The van der Waals surface area contributed by atoms with Crippen LogP contribution in [0, 0.1) is 5.82 Å². The molecule has 0 aliphatic carbocycles. The first-order valence-corrected chi connectivity index (χ1v) is 8.10. The Kier molecular flexibility index (Phi) is 4.11. The maximum Gasteiger partial charge on any atom is 0.163 e. The van der Waals surface area contributed by atoms with Crippen LogP contribution in [0.3, 0.4) is 0 Å². The van der Waals surface area contributed by atoms with Crippen LogP contribution in [0.15, 0.2) is 23.1 Å². The molecule has 104 valence electrons. The van der Waals surface area contributed by atoms with Gasteiger partial charge in [-0.3, -0.25) is 4.21 Å². The summed E-state index contributed by atoms with van der Waals surface area (Å²) in [4.78, 5) is 4.22. The maximum absolute atomic E-state index is 14.1. The van der Waals surface area contributed by atoms with E-state index in [-0.39, 0.29) is 10.6 Å². The Morgan fingerprint density at radius 3 is 2.79 bits per heavy atom. The molecule has 0 bridgehead atoms. The van der Waals surface area contributed by atoms with Crippen molar-refractivity contribution in [2.24, 2.45) is 0 Å². The van der Waals surface area contributed by atoms with Crippen molar-refractivity contribution in [3.05, 3.63) is 34.6 Å². The zero-order chi connectivity index (χ0) is 14.2. The average Bonchev–Trinajstić information content (AvgIpc) is 2.73. The number of aromatic nitrogens is 2. The van der Waals surface area contributed by atoms with Gasteiger partial charge < -0.3 is 4.40 Å². The number of rotatable bonds is 3. The van der Waals surface area contributed by atoms with Gasteiger partial charge in [-0.05, 0) is 42.8 Å². The lowest BCUT2D eigenvalue weighted by atomic mass is 10.2. The fourth-order valence-electron chi connectivity index (χ4n) is 1.76. The van der Waals surface area contributed by atoms with Gasteiger partial charge in [0.15, 0.2) is 5.82 Å². The van der Waals surface area contributed by atoms with Gasteiger partial charge in [-0.1, -0.05) is 0 Å². The highest BCUT2D eigenvalue weighted by Crippen LogP contribution is 2.23. The Morgan fingerprint density at radius 2 is 2.16 bits per heavy atom. The van der Waals surface area contributed by atoms with E-state index < -0.39 is 10.8 Å². The molecule has 19 heavy (non-hydrogen) atoms. The number of aryl methyl sites for hydroxylation is 1. The SMILES string of the molecule is CC(C)(C)S(=O)CCc1ncn2ccc(Br)c(F)c12. The van der Waals surface area contributed by atoms with E-state index in [0.717, 1.165) is 0 Å². The number of pyridine rings is 1. The Balaban J connectivity index is 2.27. The summed E-state index contributed by atoms with van der Waals surface area (Å²) >= 11 is 3.17. The Bertz CT molecular complexity index is 633. The van der Waals surface area contributed by atoms with E-state index in [1.807, 2.05) is 20.8 Å². The molecular formula is C13H16BrFN2OS. The van der Waals surface area contributed by atoms with Gasteiger partial charge >= 0.3 is 0 Å². The Hall–Kier alpha value is -0.750. The number of halogens is 2. The first-order valence-electron chi connectivity index (χ1n) is 5.98. The summed E-state index contributed by atoms with van der Waals surface area (Å²) in [6, 6.07) is 1.64. The minimum atomic E-state index is -0.960. The van der Waals surface area contributed by atoms with Crippen molar-refractivity contribution in [3.8, 4) is 0 Å². The maximum atomic E-state index is 14.1. The molecule has 0 radical (unpaired) electrons. The van der Waals surface area contributed by atoms with Gasteiger partial charge in [0, 0.05) is 33.9 Å². The summed E-state index contributed by atoms with van der Waals surface area (Å²) in [5, 5.41) is 0. The zero-order valence-corrected chi connectivity index (χ0v) is 13.5. The summed E-state index contributed by atoms with van der Waals surface area (Å²) < 4.78 is 27.9. The van der Waals surface area contributed by atoms with Crippen LogP contribution >= 0.6 is 15.9 Å². The Morgan fingerprint density at radius 1 is 1.47 bits per heavy atom. The lowest BCUT2D eigenvalue weighted by Gasteiger charge is -2.17. The zero-order valence-electron chi connectivity index (χ0n) is 11.1. The predicted molar refractivity (Wildman–Crippen MR) is 79.3 cm³/mol. The van der Waals surface area contributed by atoms with Crippen LogP contribution in [0.4, 0.5) is 4.39 Å². The molecule has 0 saturated heterocycles. The molecule has 6 heteroatoms. The molecule has 2 heterocycles. The molecule has 0 amide bonds. The van der Waals surface area contributed by atoms with Crippen molar-refractivity contribution >= 4 is 32.2 Å². The third-order valence-electron chi connectivity index (χ3n) is 2.88. The molecule has 0 aliphatic rings. The monoisotopic (exact) mass is 346 g/mol. The fourth-order valence-corrected chi connectivity index (χ4v) is 3.06. The van der Waals surface area contributed by atoms with E-state index in [0.29, 0.717) is 27.9 Å². The molecule has 0 spiro atoms. The smallest absolute Gasteiger partial charge is 0.163 e. The van der Waals surface area contributed by atoms with Crippen LogP contribution in [0.1, 0.15) is 26.5 Å². The third-order valence-corrected chi connectivity index (χ3v) is 5.43. The van der Waals surface area contributed by atoms with Crippen molar-refractivity contribution in [1.82, 2.24) is 9.38 Å². The van der Waals surface area contributed by atoms with Gasteiger partial charge in [0.1, 0.15) is 5.52 Å². The van der Waals surface area contributed by atoms with E-state index in [9.17, 15) is 8.60 Å². The summed E-state index contributed by atoms with van der Waals surface area (Å²) in [5.41, 5.74) is 1.11. The first kappa shape index (κ1) is 14.7. The molecule has 2 aromatic heterocycles. The summed E-state index contributed by atoms with van der Waals surface area (Å²) in [7, 11) is -0.960. The van der Waals surface area contributed by atoms with Gasteiger partial charge in [0.25, 0.3) is 0 Å².